The molecule has 0 saturated heterocycles. The van der Waals surface area contributed by atoms with E-state index in [1.54, 1.807) is 12.4 Å². The van der Waals surface area contributed by atoms with Gasteiger partial charge in [-0.1, -0.05) is 135 Å². The Hall–Kier alpha value is -6.26. The van der Waals surface area contributed by atoms with Crippen molar-refractivity contribution in [3.63, 3.8) is 0 Å². The number of hydrogen-bond acceptors (Lipinski definition) is 4. The summed E-state index contributed by atoms with van der Waals surface area (Å²) in [5.74, 6) is 1.88. The molecular formula is C45H32N4. The molecule has 2 heterocycles. The zero-order valence-corrected chi connectivity index (χ0v) is 27.3. The van der Waals surface area contributed by atoms with E-state index >= 15 is 0 Å². The van der Waals surface area contributed by atoms with Gasteiger partial charge in [0.2, 0.25) is 0 Å². The molecule has 8 aromatic rings. The Labute approximate surface area is 285 Å². The van der Waals surface area contributed by atoms with Crippen molar-refractivity contribution in [3.05, 3.63) is 169 Å². The minimum absolute atomic E-state index is 0.0902. The van der Waals surface area contributed by atoms with E-state index in [2.05, 4.69) is 146 Å². The van der Waals surface area contributed by atoms with Crippen molar-refractivity contribution in [2.75, 3.05) is 0 Å². The molecule has 49 heavy (non-hydrogen) atoms. The minimum atomic E-state index is -0.0902. The van der Waals surface area contributed by atoms with Crippen LogP contribution in [0, 0.1) is 0 Å². The van der Waals surface area contributed by atoms with Crippen molar-refractivity contribution in [3.8, 4) is 67.5 Å². The number of nitrogens with zero attached hydrogens (tertiary/aromatic N) is 4. The van der Waals surface area contributed by atoms with Crippen LogP contribution in [0.15, 0.2) is 158 Å². The van der Waals surface area contributed by atoms with E-state index < -0.39 is 0 Å². The molecule has 0 saturated carbocycles. The number of pyridine rings is 1. The molecule has 0 aliphatic heterocycles. The van der Waals surface area contributed by atoms with Gasteiger partial charge in [0.25, 0.3) is 0 Å². The fraction of sp³-hybridized carbons (Fsp3) is 0.0667. The number of aromatic nitrogens is 4. The highest BCUT2D eigenvalue weighted by atomic mass is 15.0. The summed E-state index contributed by atoms with van der Waals surface area (Å²) in [4.78, 5) is 19.1. The van der Waals surface area contributed by atoms with E-state index in [4.69, 9.17) is 15.0 Å². The largest absolute Gasteiger partial charge is 0.265 e. The highest BCUT2D eigenvalue weighted by Crippen LogP contribution is 2.52. The maximum Gasteiger partial charge on any atom is 0.164 e. The van der Waals surface area contributed by atoms with Gasteiger partial charge in [0.05, 0.1) is 0 Å². The molecule has 0 spiro atoms. The molecule has 0 radical (unpaired) electrons. The topological polar surface area (TPSA) is 51.6 Å². The third kappa shape index (κ3) is 5.01. The van der Waals surface area contributed by atoms with Gasteiger partial charge in [-0.05, 0) is 79.5 Å². The van der Waals surface area contributed by atoms with Gasteiger partial charge in [-0.2, -0.15) is 0 Å². The molecule has 0 atom stereocenters. The van der Waals surface area contributed by atoms with Crippen LogP contribution in [-0.4, -0.2) is 19.9 Å². The van der Waals surface area contributed by atoms with Crippen molar-refractivity contribution in [1.82, 2.24) is 19.9 Å². The van der Waals surface area contributed by atoms with E-state index in [-0.39, 0.29) is 5.41 Å². The Morgan fingerprint density at radius 1 is 0.408 bits per heavy atom. The predicted molar refractivity (Wildman–Crippen MR) is 200 cm³/mol. The molecule has 4 heteroatoms. The first-order valence-electron chi connectivity index (χ1n) is 16.6. The van der Waals surface area contributed by atoms with E-state index in [1.165, 1.54) is 38.6 Å². The molecule has 4 nitrogen and oxygen atoms in total. The van der Waals surface area contributed by atoms with E-state index in [9.17, 15) is 0 Å². The number of rotatable bonds is 5. The fourth-order valence-corrected chi connectivity index (χ4v) is 7.23. The lowest BCUT2D eigenvalue weighted by Crippen LogP contribution is -2.15. The van der Waals surface area contributed by atoms with Gasteiger partial charge in [-0.25, -0.2) is 15.0 Å². The molecule has 1 aliphatic rings. The highest BCUT2D eigenvalue weighted by Gasteiger charge is 2.36. The van der Waals surface area contributed by atoms with Gasteiger partial charge < -0.3 is 0 Å². The molecule has 0 N–H and O–H groups in total. The summed E-state index contributed by atoms with van der Waals surface area (Å²) < 4.78 is 0. The normalized spacial score (nSPS) is 12.9. The smallest absolute Gasteiger partial charge is 0.164 e. The Balaban J connectivity index is 1.10. The summed E-state index contributed by atoms with van der Waals surface area (Å²) in [6.45, 7) is 4.68. The molecule has 0 fully saturated rings. The Morgan fingerprint density at radius 2 is 0.980 bits per heavy atom. The van der Waals surface area contributed by atoms with E-state index in [0.717, 1.165) is 33.4 Å². The standard InChI is InChI=1S/C45H32N4/c1-45(2)39-22-20-31-11-6-7-14-37(31)41(39)38-21-19-35(28-40(38)45)30-15-17-32(18-16-30)42-47-43(33-23-25-46-26-24-33)49-44(48-42)36-13-8-12-34(27-36)29-9-4-3-5-10-29/h3-28H,1-2H3. The number of benzene rings is 6. The summed E-state index contributed by atoms with van der Waals surface area (Å²) in [5, 5.41) is 2.60. The quantitative estimate of drug-likeness (QED) is 0.190. The number of hydrogen-bond donors (Lipinski definition) is 0. The summed E-state index contributed by atoms with van der Waals surface area (Å²) in [5.41, 5.74) is 12.7. The van der Waals surface area contributed by atoms with Crippen LogP contribution < -0.4 is 0 Å². The molecule has 0 amide bonds. The zero-order chi connectivity index (χ0) is 33.0. The van der Waals surface area contributed by atoms with Gasteiger partial charge in [0.1, 0.15) is 0 Å². The number of fused-ring (bicyclic) bond motifs is 5. The van der Waals surface area contributed by atoms with Crippen molar-refractivity contribution >= 4 is 10.8 Å². The summed E-state index contributed by atoms with van der Waals surface area (Å²) in [7, 11) is 0. The maximum atomic E-state index is 5.01. The van der Waals surface area contributed by atoms with Crippen molar-refractivity contribution in [2.24, 2.45) is 0 Å². The van der Waals surface area contributed by atoms with Gasteiger partial charge in [0.15, 0.2) is 17.5 Å². The van der Waals surface area contributed by atoms with Crippen LogP contribution >= 0.6 is 0 Å². The van der Waals surface area contributed by atoms with Gasteiger partial charge >= 0.3 is 0 Å². The molecule has 1 aliphatic carbocycles. The van der Waals surface area contributed by atoms with E-state index in [1.807, 2.05) is 18.2 Å². The Morgan fingerprint density at radius 3 is 1.76 bits per heavy atom. The van der Waals surface area contributed by atoms with Crippen LogP contribution in [0.25, 0.3) is 78.3 Å². The van der Waals surface area contributed by atoms with Crippen LogP contribution in [0.1, 0.15) is 25.0 Å². The van der Waals surface area contributed by atoms with Gasteiger partial charge in [-0.3, -0.25) is 4.98 Å². The fourth-order valence-electron chi connectivity index (χ4n) is 7.23. The summed E-state index contributed by atoms with van der Waals surface area (Å²) in [6, 6.07) is 51.4. The van der Waals surface area contributed by atoms with Crippen molar-refractivity contribution < 1.29 is 0 Å². The second-order valence-corrected chi connectivity index (χ2v) is 13.2. The third-order valence-electron chi connectivity index (χ3n) is 9.84. The molecule has 232 valence electrons. The lowest BCUT2D eigenvalue weighted by atomic mass is 9.81. The molecule has 0 bridgehead atoms. The van der Waals surface area contributed by atoms with Gasteiger partial charge in [-0.15, -0.1) is 0 Å². The van der Waals surface area contributed by atoms with Crippen molar-refractivity contribution in [1.29, 1.82) is 0 Å². The minimum Gasteiger partial charge on any atom is -0.265 e. The molecule has 2 aromatic heterocycles. The average Bonchev–Trinajstić information content (AvgIpc) is 3.41. The summed E-state index contributed by atoms with van der Waals surface area (Å²) >= 11 is 0. The lowest BCUT2D eigenvalue weighted by Gasteiger charge is -2.22. The van der Waals surface area contributed by atoms with Gasteiger partial charge in [0, 0.05) is 34.5 Å². The predicted octanol–water partition coefficient (Wildman–Crippen LogP) is 11.1. The van der Waals surface area contributed by atoms with E-state index in [0.29, 0.717) is 17.5 Å². The Bertz CT molecular complexity index is 2500. The van der Waals surface area contributed by atoms with Crippen LogP contribution in [-0.2, 0) is 5.41 Å². The third-order valence-corrected chi connectivity index (χ3v) is 9.84. The first kappa shape index (κ1) is 28.9. The van der Waals surface area contributed by atoms with Crippen LogP contribution in [0.4, 0.5) is 0 Å². The summed E-state index contributed by atoms with van der Waals surface area (Å²) in [6.07, 6.45) is 3.53. The van der Waals surface area contributed by atoms with Crippen LogP contribution in [0.2, 0.25) is 0 Å². The zero-order valence-electron chi connectivity index (χ0n) is 27.3. The second kappa shape index (κ2) is 11.5. The highest BCUT2D eigenvalue weighted by molar-refractivity contribution is 6.02. The molecule has 0 unspecified atom stereocenters. The maximum absolute atomic E-state index is 5.01. The SMILES string of the molecule is CC1(C)c2cc(-c3ccc(-c4nc(-c5ccncc5)nc(-c5cccc(-c6ccccc6)c5)n4)cc3)ccc2-c2c1ccc1ccccc21. The lowest BCUT2D eigenvalue weighted by molar-refractivity contribution is 0.661. The average molecular weight is 629 g/mol. The molecule has 6 aromatic carbocycles. The Kier molecular flexibility index (Phi) is 6.77. The first-order valence-corrected chi connectivity index (χ1v) is 16.6. The molecular weight excluding hydrogens is 597 g/mol. The first-order chi connectivity index (χ1) is 24.0. The second-order valence-electron chi connectivity index (χ2n) is 13.2. The van der Waals surface area contributed by atoms with Crippen LogP contribution in [0.3, 0.4) is 0 Å². The van der Waals surface area contributed by atoms with Crippen molar-refractivity contribution in [2.45, 2.75) is 19.3 Å². The monoisotopic (exact) mass is 628 g/mol. The van der Waals surface area contributed by atoms with Crippen LogP contribution in [0.5, 0.6) is 0 Å². The molecule has 9 rings (SSSR count).